The summed E-state index contributed by atoms with van der Waals surface area (Å²) in [7, 11) is 0. The number of aromatic nitrogens is 3. The molecule has 0 amide bonds. The molecule has 4 rings (SSSR count). The number of piperidine rings is 2. The maximum atomic E-state index is 12.1. The maximum absolute atomic E-state index is 12.1. The summed E-state index contributed by atoms with van der Waals surface area (Å²) in [5.41, 5.74) is 5.26. The Morgan fingerprint density at radius 2 is 1.73 bits per heavy atom. The Morgan fingerprint density at radius 3 is 2.27 bits per heavy atom. The number of nitrogens with one attached hydrogen (secondary N) is 1. The van der Waals surface area contributed by atoms with Crippen molar-refractivity contribution >= 4 is 29.2 Å². The van der Waals surface area contributed by atoms with Crippen LogP contribution in [0.15, 0.2) is 17.2 Å². The van der Waals surface area contributed by atoms with Crippen LogP contribution in [0, 0.1) is 17.0 Å². The third kappa shape index (κ3) is 4.71. The highest BCUT2D eigenvalue weighted by Gasteiger charge is 2.30. The van der Waals surface area contributed by atoms with Crippen molar-refractivity contribution in [3.8, 4) is 0 Å². The molecule has 0 radical (unpaired) electrons. The zero-order valence-corrected chi connectivity index (χ0v) is 19.6. The van der Waals surface area contributed by atoms with E-state index in [1.807, 2.05) is 6.07 Å². The Hall–Kier alpha value is -3.37. The summed E-state index contributed by atoms with van der Waals surface area (Å²) in [6, 6.07) is 4.27. The molecule has 3 N–H and O–H groups in total. The van der Waals surface area contributed by atoms with Crippen LogP contribution in [0.5, 0.6) is 0 Å². The molecule has 178 valence electrons. The lowest BCUT2D eigenvalue weighted by molar-refractivity contribution is -0.384. The van der Waals surface area contributed by atoms with E-state index in [0.717, 1.165) is 50.9 Å². The minimum Gasteiger partial charge on any atom is -0.368 e. The molecule has 2 aliphatic rings. The fourth-order valence-electron chi connectivity index (χ4n) is 4.83. The lowest BCUT2D eigenvalue weighted by Crippen LogP contribution is -2.40. The summed E-state index contributed by atoms with van der Waals surface area (Å²) in [5.74, 6) is 6.72. The first-order valence-electron chi connectivity index (χ1n) is 11.7. The minimum absolute atomic E-state index is 0.108. The van der Waals surface area contributed by atoms with E-state index in [1.165, 1.54) is 11.1 Å². The first-order chi connectivity index (χ1) is 15.9. The molecule has 3 heterocycles. The molecule has 2 aliphatic heterocycles. The molecule has 11 heteroatoms. The standard InChI is InChI=1S/C22H33N9O2/c1-15-8-4-6-10-28(15)19-13-20(29-11-7-5-9-16(29)2)21(31(32)33)12-18(19)14-24-26-22-27-25-17(3)30(22)23/h12-16H,4-11,23H2,1-3H3,(H,26,27)/b24-14+/t15-,16-/m1/s1. The van der Waals surface area contributed by atoms with Gasteiger partial charge >= 0.3 is 0 Å². The molecule has 1 aromatic carbocycles. The first-order valence-corrected chi connectivity index (χ1v) is 11.7. The Morgan fingerprint density at radius 1 is 1.09 bits per heavy atom. The Kier molecular flexibility index (Phi) is 6.66. The first kappa shape index (κ1) is 22.8. The minimum atomic E-state index is -0.287. The highest BCUT2D eigenvalue weighted by molar-refractivity contribution is 5.92. The number of hydrazone groups is 1. The van der Waals surface area contributed by atoms with Gasteiger partial charge in [0, 0.05) is 42.5 Å². The Bertz CT molecular complexity index is 1040. The van der Waals surface area contributed by atoms with Gasteiger partial charge < -0.3 is 15.6 Å². The van der Waals surface area contributed by atoms with Gasteiger partial charge in [-0.05, 0) is 65.4 Å². The van der Waals surface area contributed by atoms with E-state index in [9.17, 15) is 10.1 Å². The van der Waals surface area contributed by atoms with E-state index in [2.05, 4.69) is 44.4 Å². The van der Waals surface area contributed by atoms with Gasteiger partial charge in [0.1, 0.15) is 5.69 Å². The van der Waals surface area contributed by atoms with Crippen molar-refractivity contribution in [3.05, 3.63) is 33.6 Å². The molecular formula is C22H33N9O2. The third-order valence-corrected chi connectivity index (χ3v) is 6.78. The fourth-order valence-corrected chi connectivity index (χ4v) is 4.83. The van der Waals surface area contributed by atoms with E-state index in [-0.39, 0.29) is 16.7 Å². The lowest BCUT2D eigenvalue weighted by Gasteiger charge is -2.39. The lowest BCUT2D eigenvalue weighted by atomic mass is 9.98. The number of nitrogens with zero attached hydrogens (tertiary/aromatic N) is 7. The molecule has 0 unspecified atom stereocenters. The smallest absolute Gasteiger partial charge is 0.293 e. The molecule has 0 aliphatic carbocycles. The SMILES string of the molecule is Cc1nnc(N/N=C/c2cc([N+](=O)[O-])c(N3CCCC[C@H]3C)cc2N2CCCC[C@H]2C)n1N. The van der Waals surface area contributed by atoms with Crippen molar-refractivity contribution in [2.75, 3.05) is 34.2 Å². The number of rotatable bonds is 6. The van der Waals surface area contributed by atoms with Gasteiger partial charge in [0.25, 0.3) is 11.6 Å². The maximum Gasteiger partial charge on any atom is 0.293 e. The van der Waals surface area contributed by atoms with Gasteiger partial charge in [0.2, 0.25) is 0 Å². The number of aryl methyl sites for hydroxylation is 1. The summed E-state index contributed by atoms with van der Waals surface area (Å²) in [5, 5.41) is 24.2. The topological polar surface area (TPSA) is 131 Å². The molecule has 1 aromatic heterocycles. The normalized spacial score (nSPS) is 21.5. The van der Waals surface area contributed by atoms with Crippen molar-refractivity contribution in [3.63, 3.8) is 0 Å². The molecule has 2 fully saturated rings. The van der Waals surface area contributed by atoms with Gasteiger partial charge in [-0.25, -0.2) is 10.1 Å². The van der Waals surface area contributed by atoms with Crippen LogP contribution >= 0.6 is 0 Å². The molecule has 0 bridgehead atoms. The number of hydrogen-bond acceptors (Lipinski definition) is 9. The number of nitro benzene ring substituents is 1. The molecule has 0 saturated carbocycles. The van der Waals surface area contributed by atoms with E-state index >= 15 is 0 Å². The van der Waals surface area contributed by atoms with Crippen LogP contribution in [0.2, 0.25) is 0 Å². The number of nitro groups is 1. The molecule has 33 heavy (non-hydrogen) atoms. The summed E-state index contributed by atoms with van der Waals surface area (Å²) in [4.78, 5) is 16.3. The second-order valence-corrected chi connectivity index (χ2v) is 9.04. The third-order valence-electron chi connectivity index (χ3n) is 6.78. The van der Waals surface area contributed by atoms with Gasteiger partial charge in [-0.1, -0.05) is 0 Å². The van der Waals surface area contributed by atoms with Crippen molar-refractivity contribution in [2.24, 2.45) is 5.10 Å². The van der Waals surface area contributed by atoms with Gasteiger partial charge in [-0.15, -0.1) is 10.2 Å². The predicted octanol–water partition coefficient (Wildman–Crippen LogP) is 3.41. The second-order valence-electron chi connectivity index (χ2n) is 9.04. The van der Waals surface area contributed by atoms with Crippen molar-refractivity contribution < 1.29 is 4.92 Å². The van der Waals surface area contributed by atoms with Crippen LogP contribution in [0.25, 0.3) is 0 Å². The number of benzene rings is 1. The largest absolute Gasteiger partial charge is 0.368 e. The average molecular weight is 456 g/mol. The molecular weight excluding hydrogens is 422 g/mol. The van der Waals surface area contributed by atoms with E-state index in [0.29, 0.717) is 29.1 Å². The second kappa shape index (κ2) is 9.63. The summed E-state index contributed by atoms with van der Waals surface area (Å²) in [6.07, 6.45) is 8.23. The van der Waals surface area contributed by atoms with Crippen LogP contribution in [-0.2, 0) is 0 Å². The number of nitrogens with two attached hydrogens (primary N) is 1. The Balaban J connectivity index is 1.76. The van der Waals surface area contributed by atoms with Gasteiger partial charge in [-0.2, -0.15) is 5.10 Å². The van der Waals surface area contributed by atoms with Crippen LogP contribution in [0.3, 0.4) is 0 Å². The number of nitrogen functional groups attached to an aromatic ring is 1. The average Bonchev–Trinajstić information content (AvgIpc) is 3.12. The highest BCUT2D eigenvalue weighted by atomic mass is 16.6. The van der Waals surface area contributed by atoms with Crippen molar-refractivity contribution in [2.45, 2.75) is 71.4 Å². The van der Waals surface area contributed by atoms with Crippen molar-refractivity contribution in [1.82, 2.24) is 14.9 Å². The number of anilines is 3. The van der Waals surface area contributed by atoms with Gasteiger partial charge in [0.15, 0.2) is 5.82 Å². The quantitative estimate of drug-likeness (QED) is 0.293. The summed E-state index contributed by atoms with van der Waals surface area (Å²) < 4.78 is 1.30. The van der Waals surface area contributed by atoms with Crippen LogP contribution in [0.1, 0.15) is 63.8 Å². The van der Waals surface area contributed by atoms with E-state index in [1.54, 1.807) is 19.2 Å². The van der Waals surface area contributed by atoms with Gasteiger partial charge in [0.05, 0.1) is 11.1 Å². The monoisotopic (exact) mass is 455 g/mol. The van der Waals surface area contributed by atoms with Crippen molar-refractivity contribution in [1.29, 1.82) is 0 Å². The van der Waals surface area contributed by atoms with E-state index in [4.69, 9.17) is 5.84 Å². The van der Waals surface area contributed by atoms with E-state index < -0.39 is 0 Å². The molecule has 11 nitrogen and oxygen atoms in total. The van der Waals surface area contributed by atoms with Crippen LogP contribution < -0.4 is 21.1 Å². The Labute approximate surface area is 193 Å². The zero-order valence-electron chi connectivity index (χ0n) is 19.6. The summed E-state index contributed by atoms with van der Waals surface area (Å²) >= 11 is 0. The summed E-state index contributed by atoms with van der Waals surface area (Å²) in [6.45, 7) is 7.84. The predicted molar refractivity (Wildman–Crippen MR) is 131 cm³/mol. The van der Waals surface area contributed by atoms with Gasteiger partial charge in [-0.3, -0.25) is 10.1 Å². The molecule has 2 saturated heterocycles. The molecule has 2 atom stereocenters. The zero-order chi connectivity index (χ0) is 23.5. The van der Waals surface area contributed by atoms with Crippen LogP contribution in [-0.4, -0.2) is 51.2 Å². The molecule has 0 spiro atoms. The number of hydrogen-bond donors (Lipinski definition) is 2. The fraction of sp³-hybridized carbons (Fsp3) is 0.591. The molecule has 2 aromatic rings. The van der Waals surface area contributed by atoms with Crippen LogP contribution in [0.4, 0.5) is 23.0 Å². The highest BCUT2D eigenvalue weighted by Crippen LogP contribution is 2.39.